The van der Waals surface area contributed by atoms with Crippen LogP contribution in [0.3, 0.4) is 0 Å². The van der Waals surface area contributed by atoms with E-state index in [4.69, 9.17) is 5.26 Å². The molecule has 1 aromatic rings. The van der Waals surface area contributed by atoms with Crippen LogP contribution in [0.2, 0.25) is 0 Å². The maximum absolute atomic E-state index is 11.3. The molecule has 3 heteroatoms. The van der Waals surface area contributed by atoms with E-state index in [9.17, 15) is 9.59 Å². The van der Waals surface area contributed by atoms with Gasteiger partial charge in [0, 0.05) is 11.1 Å². The molecular weight excluding hydrogens is 190 g/mol. The highest BCUT2D eigenvalue weighted by atomic mass is 16.1. The number of Topliss-reactive ketones (excluding diaryl/α,β-unsaturated/α-hetero) is 1. The van der Waals surface area contributed by atoms with Crippen LogP contribution in [0.15, 0.2) is 12.1 Å². The summed E-state index contributed by atoms with van der Waals surface area (Å²) < 4.78 is 0. The van der Waals surface area contributed by atoms with Crippen LogP contribution in [-0.2, 0) is 6.42 Å². The Morgan fingerprint density at radius 3 is 2.60 bits per heavy atom. The number of aldehydes is 1. The normalized spacial score (nSPS) is 9.40. The molecule has 0 saturated carbocycles. The van der Waals surface area contributed by atoms with Gasteiger partial charge in [-0.1, -0.05) is 6.92 Å². The lowest BCUT2D eigenvalue weighted by Gasteiger charge is -2.05. The molecule has 0 saturated heterocycles. The third kappa shape index (κ3) is 2.10. The quantitative estimate of drug-likeness (QED) is 0.556. The fourth-order valence-corrected chi connectivity index (χ4v) is 1.43. The summed E-state index contributed by atoms with van der Waals surface area (Å²) in [5.74, 6) is -0.190. The highest BCUT2D eigenvalue weighted by Gasteiger charge is 2.12. The number of nitriles is 1. The maximum Gasteiger partial charge on any atom is 0.161 e. The molecule has 0 fully saturated rings. The van der Waals surface area contributed by atoms with Gasteiger partial charge in [-0.05, 0) is 31.0 Å². The third-order valence-electron chi connectivity index (χ3n) is 2.25. The van der Waals surface area contributed by atoms with Gasteiger partial charge in [0.2, 0.25) is 0 Å². The summed E-state index contributed by atoms with van der Waals surface area (Å²) in [6, 6.07) is 5.22. The molecule has 0 radical (unpaired) electrons. The lowest BCUT2D eigenvalue weighted by Crippen LogP contribution is -2.02. The molecule has 0 heterocycles. The van der Waals surface area contributed by atoms with E-state index < -0.39 is 0 Å². The first kappa shape index (κ1) is 11.1. The van der Waals surface area contributed by atoms with Crippen LogP contribution in [0.4, 0.5) is 0 Å². The second-order valence-electron chi connectivity index (χ2n) is 3.25. The largest absolute Gasteiger partial charge is 0.298 e. The van der Waals surface area contributed by atoms with Crippen molar-refractivity contribution in [2.75, 3.05) is 0 Å². The fourth-order valence-electron chi connectivity index (χ4n) is 1.43. The van der Waals surface area contributed by atoms with Gasteiger partial charge in [0.05, 0.1) is 5.56 Å². The van der Waals surface area contributed by atoms with E-state index in [-0.39, 0.29) is 11.3 Å². The van der Waals surface area contributed by atoms with E-state index >= 15 is 0 Å². The Morgan fingerprint density at radius 2 is 2.20 bits per heavy atom. The second kappa shape index (κ2) is 4.52. The molecule has 0 aliphatic heterocycles. The number of ketones is 1. The van der Waals surface area contributed by atoms with Gasteiger partial charge >= 0.3 is 0 Å². The minimum absolute atomic E-state index is 0.176. The molecule has 0 unspecified atom stereocenters. The summed E-state index contributed by atoms with van der Waals surface area (Å²) in [6.07, 6.45) is 1.34. The Bertz CT molecular complexity index is 455. The van der Waals surface area contributed by atoms with Gasteiger partial charge in [-0.15, -0.1) is 0 Å². The topological polar surface area (TPSA) is 57.9 Å². The van der Waals surface area contributed by atoms with Crippen LogP contribution in [-0.4, -0.2) is 12.1 Å². The van der Waals surface area contributed by atoms with Gasteiger partial charge in [-0.25, -0.2) is 0 Å². The predicted octanol–water partition coefficient (Wildman–Crippen LogP) is 2.14. The number of hydrogen-bond acceptors (Lipinski definition) is 3. The van der Waals surface area contributed by atoms with E-state index in [1.807, 2.05) is 13.0 Å². The molecule has 0 bridgehead atoms. The summed E-state index contributed by atoms with van der Waals surface area (Å²) in [5, 5.41) is 8.88. The van der Waals surface area contributed by atoms with E-state index in [1.54, 1.807) is 12.1 Å². The summed E-state index contributed by atoms with van der Waals surface area (Å²) in [6.45, 7) is 3.32. The van der Waals surface area contributed by atoms with Gasteiger partial charge in [-0.2, -0.15) is 5.26 Å². The van der Waals surface area contributed by atoms with Crippen molar-refractivity contribution in [2.24, 2.45) is 0 Å². The minimum atomic E-state index is -0.190. The summed E-state index contributed by atoms with van der Waals surface area (Å²) in [7, 11) is 0. The van der Waals surface area contributed by atoms with Gasteiger partial charge in [0.25, 0.3) is 0 Å². The summed E-state index contributed by atoms with van der Waals surface area (Å²) in [4.78, 5) is 22.1. The highest BCUT2D eigenvalue weighted by molar-refractivity contribution is 5.99. The number of hydrogen-bond donors (Lipinski definition) is 0. The first-order valence-corrected chi connectivity index (χ1v) is 4.67. The van der Waals surface area contributed by atoms with Crippen molar-refractivity contribution in [1.82, 2.24) is 0 Å². The highest BCUT2D eigenvalue weighted by Crippen LogP contribution is 2.17. The summed E-state index contributed by atoms with van der Waals surface area (Å²) in [5.41, 5.74) is 1.69. The molecule has 15 heavy (non-hydrogen) atoms. The predicted molar refractivity (Wildman–Crippen MR) is 55.9 cm³/mol. The molecule has 0 aliphatic carbocycles. The number of rotatable bonds is 3. The monoisotopic (exact) mass is 201 g/mol. The molecule has 0 spiro atoms. The van der Waals surface area contributed by atoms with Crippen molar-refractivity contribution >= 4 is 12.1 Å². The van der Waals surface area contributed by atoms with Gasteiger partial charge in [0.1, 0.15) is 6.07 Å². The third-order valence-corrected chi connectivity index (χ3v) is 2.25. The molecule has 1 aromatic carbocycles. The molecule has 0 amide bonds. The zero-order valence-corrected chi connectivity index (χ0v) is 8.70. The van der Waals surface area contributed by atoms with Crippen molar-refractivity contribution in [2.45, 2.75) is 20.3 Å². The number of benzene rings is 1. The zero-order valence-electron chi connectivity index (χ0n) is 8.70. The average Bonchev–Trinajstić information content (AvgIpc) is 2.26. The van der Waals surface area contributed by atoms with Crippen molar-refractivity contribution in [3.63, 3.8) is 0 Å². The second-order valence-corrected chi connectivity index (χ2v) is 3.25. The first-order chi connectivity index (χ1) is 7.13. The minimum Gasteiger partial charge on any atom is -0.298 e. The SMILES string of the molecule is CCc1cc(C=O)c(C#N)c(C(C)=O)c1. The van der Waals surface area contributed by atoms with Crippen LogP contribution in [0.5, 0.6) is 0 Å². The molecule has 0 N–H and O–H groups in total. The number of aryl methyl sites for hydroxylation is 1. The lowest BCUT2D eigenvalue weighted by molar-refractivity contribution is 0.101. The smallest absolute Gasteiger partial charge is 0.161 e. The molecule has 1 rings (SSSR count). The summed E-state index contributed by atoms with van der Waals surface area (Å²) >= 11 is 0. The molecule has 0 aromatic heterocycles. The molecular formula is C12H11NO2. The Morgan fingerprint density at radius 1 is 1.53 bits per heavy atom. The Labute approximate surface area is 88.3 Å². The number of nitrogens with zero attached hydrogens (tertiary/aromatic N) is 1. The number of carbonyl (C=O) groups excluding carboxylic acids is 2. The fraction of sp³-hybridized carbons (Fsp3) is 0.250. The van der Waals surface area contributed by atoms with Crippen molar-refractivity contribution < 1.29 is 9.59 Å². The maximum atomic E-state index is 11.3. The van der Waals surface area contributed by atoms with Crippen molar-refractivity contribution in [3.05, 3.63) is 34.4 Å². The molecule has 76 valence electrons. The van der Waals surface area contributed by atoms with Crippen LogP contribution < -0.4 is 0 Å². The standard InChI is InChI=1S/C12H11NO2/c1-3-9-4-10(7-14)12(6-13)11(5-9)8(2)15/h4-5,7H,3H2,1-2H3. The van der Waals surface area contributed by atoms with Gasteiger partial charge in [0.15, 0.2) is 12.1 Å². The van der Waals surface area contributed by atoms with Gasteiger partial charge < -0.3 is 0 Å². The lowest BCUT2D eigenvalue weighted by atomic mass is 9.96. The van der Waals surface area contributed by atoms with Gasteiger partial charge in [-0.3, -0.25) is 9.59 Å². The van der Waals surface area contributed by atoms with Crippen LogP contribution in [0.1, 0.15) is 45.7 Å². The van der Waals surface area contributed by atoms with Crippen LogP contribution >= 0.6 is 0 Å². The van der Waals surface area contributed by atoms with Crippen LogP contribution in [0.25, 0.3) is 0 Å². The van der Waals surface area contributed by atoms with Crippen LogP contribution in [0, 0.1) is 11.3 Å². The van der Waals surface area contributed by atoms with E-state index in [2.05, 4.69) is 0 Å². The average molecular weight is 201 g/mol. The zero-order chi connectivity index (χ0) is 11.4. The van der Waals surface area contributed by atoms with E-state index in [1.165, 1.54) is 6.92 Å². The molecule has 0 atom stereocenters. The molecule has 3 nitrogen and oxygen atoms in total. The van der Waals surface area contributed by atoms with Crippen molar-refractivity contribution in [3.8, 4) is 6.07 Å². The Hall–Kier alpha value is -1.95. The van der Waals surface area contributed by atoms with Crippen molar-refractivity contribution in [1.29, 1.82) is 5.26 Å². The Kier molecular flexibility index (Phi) is 3.35. The number of carbonyl (C=O) groups is 2. The van der Waals surface area contributed by atoms with E-state index in [0.29, 0.717) is 17.4 Å². The van der Waals surface area contributed by atoms with E-state index in [0.717, 1.165) is 12.0 Å². The molecule has 0 aliphatic rings. The first-order valence-electron chi connectivity index (χ1n) is 4.67. The Balaban J connectivity index is 3.54.